The predicted molar refractivity (Wildman–Crippen MR) is 388 cm³/mol. The molecule has 0 radical (unpaired) electrons. The molecular formula is C82H131NO8. The largest absolute Gasteiger partial charge is 0.545 e. The predicted octanol–water partition coefficient (Wildman–Crippen LogP) is 21.5. The van der Waals surface area contributed by atoms with Gasteiger partial charge >= 0.3 is 11.9 Å². The van der Waals surface area contributed by atoms with Crippen molar-refractivity contribution in [3.63, 3.8) is 0 Å². The van der Waals surface area contributed by atoms with Gasteiger partial charge in [0, 0.05) is 12.8 Å². The number of rotatable bonds is 64. The van der Waals surface area contributed by atoms with Gasteiger partial charge in [0.1, 0.15) is 13.2 Å². The molecule has 0 saturated carbocycles. The van der Waals surface area contributed by atoms with E-state index in [1.165, 1.54) is 77.0 Å². The molecule has 0 heterocycles. The Labute approximate surface area is 558 Å². The van der Waals surface area contributed by atoms with Gasteiger partial charge in [-0.15, -0.1) is 0 Å². The van der Waals surface area contributed by atoms with Crippen molar-refractivity contribution in [2.24, 2.45) is 0 Å². The third-order valence-electron chi connectivity index (χ3n) is 14.6. The third-order valence-corrected chi connectivity index (χ3v) is 14.6. The van der Waals surface area contributed by atoms with Gasteiger partial charge in [-0.3, -0.25) is 9.59 Å². The molecule has 0 aliphatic carbocycles. The van der Waals surface area contributed by atoms with E-state index in [-0.39, 0.29) is 38.6 Å². The van der Waals surface area contributed by atoms with Crippen molar-refractivity contribution in [3.05, 3.63) is 182 Å². The molecule has 0 amide bonds. The first-order chi connectivity index (χ1) is 44.6. The van der Waals surface area contributed by atoms with Gasteiger partial charge < -0.3 is 33.3 Å². The zero-order valence-corrected chi connectivity index (χ0v) is 58.4. The molecule has 9 heteroatoms. The monoisotopic (exact) mass is 1260 g/mol. The minimum Gasteiger partial charge on any atom is -0.545 e. The Morgan fingerprint density at radius 2 is 0.626 bits per heavy atom. The summed E-state index contributed by atoms with van der Waals surface area (Å²) >= 11 is 0. The maximum atomic E-state index is 12.9. The molecule has 91 heavy (non-hydrogen) atoms. The number of carboxylic acids is 1. The van der Waals surface area contributed by atoms with Crippen LogP contribution in [0, 0.1) is 0 Å². The second-order valence-electron chi connectivity index (χ2n) is 24.4. The topological polar surface area (TPSA) is 111 Å². The van der Waals surface area contributed by atoms with Crippen LogP contribution < -0.4 is 5.11 Å². The fraction of sp³-hybridized carbons (Fsp3) is 0.598. The molecule has 2 atom stereocenters. The molecule has 0 rings (SSSR count). The maximum absolute atomic E-state index is 12.9. The fourth-order valence-electron chi connectivity index (χ4n) is 9.17. The Kier molecular flexibility index (Phi) is 65.9. The second-order valence-corrected chi connectivity index (χ2v) is 24.4. The SMILES string of the molecule is CC/C=C\C/C=C\C/C=C\C/C=C\C/C=C\C/C=C\C/C=C\C/C=C\C/C=C\C/C=C\C/C=C\C/C=C\CCCCCCC(=O)OC(COC(=O)CCCCCCCCCCCC/C=C\C/C=C\C/C=C\CCCCCCC)COC(OCC[N+](C)(C)C)C(=O)[O-]. The number of esters is 2. The molecule has 2 unspecified atom stereocenters. The highest BCUT2D eigenvalue weighted by molar-refractivity contribution is 5.70. The van der Waals surface area contributed by atoms with Crippen molar-refractivity contribution < 1.29 is 42.9 Å². The highest BCUT2D eigenvalue weighted by atomic mass is 16.7. The lowest BCUT2D eigenvalue weighted by atomic mass is 10.1. The van der Waals surface area contributed by atoms with Crippen molar-refractivity contribution >= 4 is 17.9 Å². The van der Waals surface area contributed by atoms with Crippen LogP contribution in [0.3, 0.4) is 0 Å². The number of hydrogen-bond acceptors (Lipinski definition) is 8. The Morgan fingerprint density at radius 3 is 0.934 bits per heavy atom. The van der Waals surface area contributed by atoms with E-state index in [0.717, 1.165) is 148 Å². The highest BCUT2D eigenvalue weighted by Gasteiger charge is 2.22. The maximum Gasteiger partial charge on any atom is 0.306 e. The Hall–Kier alpha value is -5.61. The van der Waals surface area contributed by atoms with Gasteiger partial charge in [0.05, 0.1) is 40.3 Å². The summed E-state index contributed by atoms with van der Waals surface area (Å²) in [6.45, 7) is 4.57. The smallest absolute Gasteiger partial charge is 0.306 e. The number of carbonyl (C=O) groups is 3. The first kappa shape index (κ1) is 85.4. The number of quaternary nitrogens is 1. The molecule has 9 nitrogen and oxygen atoms in total. The van der Waals surface area contributed by atoms with Crippen LogP contribution >= 0.6 is 0 Å². The van der Waals surface area contributed by atoms with Crippen LogP contribution in [-0.4, -0.2) is 82.3 Å². The summed E-state index contributed by atoms with van der Waals surface area (Å²) in [5.41, 5.74) is 0. The molecule has 0 aliphatic heterocycles. The van der Waals surface area contributed by atoms with Crippen LogP contribution in [0.25, 0.3) is 0 Å². The number of carboxylic acid groups (broad SMARTS) is 1. The fourth-order valence-corrected chi connectivity index (χ4v) is 9.17. The van der Waals surface area contributed by atoms with Crippen LogP contribution in [0.5, 0.6) is 0 Å². The number of aliphatic carboxylic acids is 1. The summed E-state index contributed by atoms with van der Waals surface area (Å²) in [5, 5.41) is 11.8. The molecule has 0 N–H and O–H groups in total. The van der Waals surface area contributed by atoms with Gasteiger partial charge in [0.25, 0.3) is 0 Å². The van der Waals surface area contributed by atoms with Crippen molar-refractivity contribution in [1.29, 1.82) is 0 Å². The van der Waals surface area contributed by atoms with Crippen LogP contribution in [0.4, 0.5) is 0 Å². The van der Waals surface area contributed by atoms with E-state index in [1.54, 1.807) is 0 Å². The lowest BCUT2D eigenvalue weighted by Crippen LogP contribution is -2.44. The average Bonchev–Trinajstić information content (AvgIpc) is 3.53. The molecule has 0 spiro atoms. The van der Waals surface area contributed by atoms with Crippen molar-refractivity contribution in [2.45, 2.75) is 270 Å². The summed E-state index contributed by atoms with van der Waals surface area (Å²) < 4.78 is 22.7. The highest BCUT2D eigenvalue weighted by Crippen LogP contribution is 2.15. The Morgan fingerprint density at radius 1 is 0.341 bits per heavy atom. The van der Waals surface area contributed by atoms with Crippen LogP contribution in [-0.2, 0) is 33.3 Å². The van der Waals surface area contributed by atoms with Gasteiger partial charge in [-0.1, -0.05) is 286 Å². The molecule has 512 valence electrons. The van der Waals surface area contributed by atoms with E-state index in [1.807, 2.05) is 21.1 Å². The molecule has 0 saturated heterocycles. The lowest BCUT2D eigenvalue weighted by molar-refractivity contribution is -0.870. The van der Waals surface area contributed by atoms with E-state index in [2.05, 4.69) is 196 Å². The van der Waals surface area contributed by atoms with Gasteiger partial charge in [0.15, 0.2) is 12.4 Å². The van der Waals surface area contributed by atoms with Crippen LogP contribution in [0.15, 0.2) is 182 Å². The van der Waals surface area contributed by atoms with E-state index >= 15 is 0 Å². The Bertz CT molecular complexity index is 2150. The second kappa shape index (κ2) is 70.3. The van der Waals surface area contributed by atoms with Crippen LogP contribution in [0.1, 0.15) is 258 Å². The van der Waals surface area contributed by atoms with Crippen molar-refractivity contribution in [2.75, 3.05) is 47.5 Å². The van der Waals surface area contributed by atoms with Gasteiger partial charge in [-0.2, -0.15) is 0 Å². The standard InChI is InChI=1S/C82H131NO8/c1-6-8-10-12-14-16-18-20-22-24-26-28-30-32-33-34-35-36-37-38-39-40-41-42-43-44-45-46-47-49-51-53-55-57-59-61-63-65-67-69-71-73-80(85)91-78(77-90-82(81(86)87)88-75-74-83(3,4)5)76-89-79(84)72-70-68-66-64-62-60-58-56-54-52-50-48-31-29-27-25-23-21-19-17-15-13-11-9-7-2/h8,10,14,16,19-22,25-28,31-33,35-36,38-39,41-42,44-45,47-49,53,55,59,61,78,82H,6-7,9,11-13,15,17-18,23-24,29-30,34,37,40,43,46,50-52,54,56-58,60,62-77H2,1-5H3/b10-8-,16-14-,21-19-,22-20-,27-25-,28-26-,33-32-,36-35-,39-38-,42-41-,45-44-,48-31-,49-47-,55-53-,61-59-. The third kappa shape index (κ3) is 71.7. The number of hydrogen-bond donors (Lipinski definition) is 0. The van der Waals surface area contributed by atoms with Gasteiger partial charge in [0.2, 0.25) is 0 Å². The number of unbranched alkanes of at least 4 members (excludes halogenated alkanes) is 19. The Balaban J connectivity index is 4.25. The van der Waals surface area contributed by atoms with Crippen molar-refractivity contribution in [3.8, 4) is 0 Å². The van der Waals surface area contributed by atoms with Crippen molar-refractivity contribution in [1.82, 2.24) is 0 Å². The van der Waals surface area contributed by atoms with E-state index in [9.17, 15) is 19.5 Å². The summed E-state index contributed by atoms with van der Waals surface area (Å²) in [6.07, 6.45) is 104. The number of nitrogens with zero attached hydrogens (tertiary/aromatic N) is 1. The zero-order chi connectivity index (χ0) is 66.1. The van der Waals surface area contributed by atoms with E-state index < -0.39 is 24.3 Å². The minimum atomic E-state index is -1.64. The number of ether oxygens (including phenoxy) is 4. The summed E-state index contributed by atoms with van der Waals surface area (Å²) in [4.78, 5) is 37.5. The normalized spacial score (nSPS) is 13.8. The van der Waals surface area contributed by atoms with E-state index in [0.29, 0.717) is 17.4 Å². The zero-order valence-electron chi connectivity index (χ0n) is 58.4. The quantitative estimate of drug-likeness (QED) is 0.0195. The number of likely N-dealkylation sites (N-methyl/N-ethyl adjacent to an activating group) is 1. The van der Waals surface area contributed by atoms with E-state index in [4.69, 9.17) is 18.9 Å². The molecule has 0 fully saturated rings. The molecule has 0 bridgehead atoms. The first-order valence-corrected chi connectivity index (χ1v) is 35.9. The number of allylic oxidation sites excluding steroid dienone is 30. The van der Waals surface area contributed by atoms with Gasteiger partial charge in [-0.25, -0.2) is 0 Å². The molecule has 0 aliphatic rings. The molecule has 0 aromatic rings. The summed E-state index contributed by atoms with van der Waals surface area (Å²) in [7, 11) is 5.91. The first-order valence-electron chi connectivity index (χ1n) is 35.9. The summed E-state index contributed by atoms with van der Waals surface area (Å²) in [5.74, 6) is -2.34. The summed E-state index contributed by atoms with van der Waals surface area (Å²) in [6, 6.07) is 0. The lowest BCUT2D eigenvalue weighted by Gasteiger charge is -2.26. The average molecular weight is 1260 g/mol. The number of carbonyl (C=O) groups excluding carboxylic acids is 3. The molecule has 0 aromatic carbocycles. The minimum absolute atomic E-state index is 0.132. The molecule has 0 aromatic heterocycles. The van der Waals surface area contributed by atoms with Crippen LogP contribution in [0.2, 0.25) is 0 Å². The van der Waals surface area contributed by atoms with Gasteiger partial charge in [-0.05, 0) is 141 Å². The molecular weight excluding hydrogens is 1130 g/mol.